The Labute approximate surface area is 222 Å². The number of halogens is 1. The van der Waals surface area contributed by atoms with Gasteiger partial charge in [0, 0.05) is 36.3 Å². The van der Waals surface area contributed by atoms with E-state index in [0.29, 0.717) is 24.2 Å². The fraction of sp³-hybridized carbons (Fsp3) is 0.433. The lowest BCUT2D eigenvalue weighted by atomic mass is 9.91. The Morgan fingerprint density at radius 1 is 1.05 bits per heavy atom. The number of carbonyl (C=O) groups excluding carboxylic acids is 2. The summed E-state index contributed by atoms with van der Waals surface area (Å²) in [6.07, 6.45) is 3.98. The van der Waals surface area contributed by atoms with Gasteiger partial charge >= 0.3 is 6.09 Å². The van der Waals surface area contributed by atoms with Crippen LogP contribution in [0.4, 0.5) is 9.18 Å². The molecule has 0 saturated heterocycles. The minimum Gasteiger partial charge on any atom is -0.460 e. The summed E-state index contributed by atoms with van der Waals surface area (Å²) in [6, 6.07) is 15.0. The molecule has 0 aliphatic heterocycles. The molecule has 2 aliphatic carbocycles. The molecule has 1 amide bonds. The zero-order chi connectivity index (χ0) is 27.0. The predicted octanol–water partition coefficient (Wildman–Crippen LogP) is 6.19. The van der Waals surface area contributed by atoms with Gasteiger partial charge in [0.05, 0.1) is 5.69 Å². The number of fused-ring (bicyclic) bond motifs is 1. The Morgan fingerprint density at radius 3 is 2.42 bits per heavy atom. The number of alkyl halides is 1. The first-order valence-electron chi connectivity index (χ1n) is 13.2. The summed E-state index contributed by atoms with van der Waals surface area (Å²) in [5.74, 6) is 0.472. The van der Waals surface area contributed by atoms with Crippen LogP contribution in [-0.4, -0.2) is 50.7 Å². The fourth-order valence-corrected chi connectivity index (χ4v) is 5.03. The van der Waals surface area contributed by atoms with Gasteiger partial charge in [-0.05, 0) is 82.2 Å². The Morgan fingerprint density at radius 2 is 1.76 bits per heavy atom. The Hall–Kier alpha value is -3.68. The highest BCUT2D eigenvalue weighted by Crippen LogP contribution is 2.36. The van der Waals surface area contributed by atoms with Crippen molar-refractivity contribution in [3.05, 3.63) is 71.5 Å². The molecule has 7 nitrogen and oxygen atoms in total. The van der Waals surface area contributed by atoms with Crippen LogP contribution in [0.1, 0.15) is 68.6 Å². The molecule has 38 heavy (non-hydrogen) atoms. The highest BCUT2D eigenvalue weighted by molar-refractivity contribution is 5.95. The van der Waals surface area contributed by atoms with E-state index in [0.717, 1.165) is 41.6 Å². The third-order valence-corrected chi connectivity index (χ3v) is 6.82. The quantitative estimate of drug-likeness (QED) is 0.388. The van der Waals surface area contributed by atoms with Crippen molar-refractivity contribution in [3.8, 4) is 16.9 Å². The van der Waals surface area contributed by atoms with Crippen LogP contribution in [0.15, 0.2) is 54.7 Å². The molecule has 2 atom stereocenters. The largest absolute Gasteiger partial charge is 0.460 e. The standard InChI is InChI=1S/C30H34FN3O4/c1-19(31)37-27-8-6-5-7-25(27)20-9-11-21(12-10-20)28(35)34(23-13-14-23)24-15-16-26-22(17-24)18-33(32-26)29(36)38-30(2,3)4/h5-12,18-19,23-24H,13-17H2,1-4H3. The second-order valence-electron chi connectivity index (χ2n) is 11.1. The number of aromatic nitrogens is 2. The number of hydrogen-bond donors (Lipinski definition) is 0. The lowest BCUT2D eigenvalue weighted by Crippen LogP contribution is -2.44. The van der Waals surface area contributed by atoms with E-state index in [1.807, 2.05) is 62.1 Å². The van der Waals surface area contributed by atoms with Crippen LogP contribution in [-0.2, 0) is 17.6 Å². The van der Waals surface area contributed by atoms with E-state index in [1.54, 1.807) is 18.3 Å². The van der Waals surface area contributed by atoms with E-state index in [2.05, 4.69) is 5.10 Å². The summed E-state index contributed by atoms with van der Waals surface area (Å²) in [7, 11) is 0. The normalized spacial score (nSPS) is 17.9. The third-order valence-electron chi connectivity index (χ3n) is 6.82. The average Bonchev–Trinajstić information content (AvgIpc) is 3.60. The molecule has 0 bridgehead atoms. The van der Waals surface area contributed by atoms with Crippen molar-refractivity contribution in [1.29, 1.82) is 0 Å². The van der Waals surface area contributed by atoms with E-state index in [1.165, 1.54) is 11.6 Å². The van der Waals surface area contributed by atoms with Gasteiger partial charge in [-0.1, -0.05) is 30.3 Å². The lowest BCUT2D eigenvalue weighted by molar-refractivity contribution is 0.0513. The molecule has 1 fully saturated rings. The number of benzene rings is 2. The van der Waals surface area contributed by atoms with Crippen LogP contribution in [0.3, 0.4) is 0 Å². The molecule has 0 radical (unpaired) electrons. The molecule has 1 heterocycles. The first kappa shape index (κ1) is 25.9. The molecule has 2 unspecified atom stereocenters. The maximum absolute atomic E-state index is 13.7. The molecule has 5 rings (SSSR count). The second-order valence-corrected chi connectivity index (χ2v) is 11.1. The van der Waals surface area contributed by atoms with Gasteiger partial charge in [-0.15, -0.1) is 0 Å². The monoisotopic (exact) mass is 519 g/mol. The maximum Gasteiger partial charge on any atom is 0.435 e. The molecule has 2 aliphatic rings. The van der Waals surface area contributed by atoms with Gasteiger partial charge in [-0.25, -0.2) is 9.18 Å². The molecular formula is C30H34FN3O4. The first-order chi connectivity index (χ1) is 18.1. The van der Waals surface area contributed by atoms with Gasteiger partial charge < -0.3 is 14.4 Å². The van der Waals surface area contributed by atoms with Gasteiger partial charge in [0.2, 0.25) is 6.36 Å². The number of carbonyl (C=O) groups is 2. The van der Waals surface area contributed by atoms with E-state index in [4.69, 9.17) is 9.47 Å². The Bertz CT molecular complexity index is 1320. The summed E-state index contributed by atoms with van der Waals surface area (Å²) in [6.45, 7) is 6.83. The summed E-state index contributed by atoms with van der Waals surface area (Å²) >= 11 is 0. The summed E-state index contributed by atoms with van der Waals surface area (Å²) in [4.78, 5) is 28.3. The smallest absolute Gasteiger partial charge is 0.435 e. The number of para-hydroxylation sites is 1. The Balaban J connectivity index is 1.33. The van der Waals surface area contributed by atoms with Crippen molar-refractivity contribution in [3.63, 3.8) is 0 Å². The Kier molecular flexibility index (Phi) is 6.99. The first-order valence-corrected chi connectivity index (χ1v) is 13.2. The van der Waals surface area contributed by atoms with E-state index in [9.17, 15) is 14.0 Å². The highest BCUT2D eigenvalue weighted by atomic mass is 19.1. The van der Waals surface area contributed by atoms with Gasteiger partial charge in [-0.2, -0.15) is 9.78 Å². The number of nitrogens with zero attached hydrogens (tertiary/aromatic N) is 3. The van der Waals surface area contributed by atoms with Crippen LogP contribution >= 0.6 is 0 Å². The SMILES string of the molecule is CC(F)Oc1ccccc1-c1ccc(C(=O)N(C2CC2)C2CCc3nn(C(=O)OC(C)(C)C)cc3C2)cc1. The lowest BCUT2D eigenvalue weighted by Gasteiger charge is -2.34. The number of rotatable bonds is 6. The topological polar surface area (TPSA) is 73.7 Å². The van der Waals surface area contributed by atoms with Crippen LogP contribution in [0.2, 0.25) is 0 Å². The van der Waals surface area contributed by atoms with Gasteiger partial charge in [0.1, 0.15) is 11.4 Å². The number of ether oxygens (including phenoxy) is 2. The summed E-state index contributed by atoms with van der Waals surface area (Å²) in [5.41, 5.74) is 3.53. The molecule has 200 valence electrons. The fourth-order valence-electron chi connectivity index (χ4n) is 5.03. The molecule has 3 aromatic rings. The maximum atomic E-state index is 13.7. The van der Waals surface area contributed by atoms with Crippen molar-refractivity contribution in [2.45, 2.75) is 83.8 Å². The van der Waals surface area contributed by atoms with E-state index < -0.39 is 18.1 Å². The molecule has 0 spiro atoms. The van der Waals surface area contributed by atoms with Crippen LogP contribution in [0.25, 0.3) is 11.1 Å². The number of hydrogen-bond acceptors (Lipinski definition) is 5. The highest BCUT2D eigenvalue weighted by Gasteiger charge is 2.39. The molecule has 0 N–H and O–H groups in total. The summed E-state index contributed by atoms with van der Waals surface area (Å²) < 4.78 is 25.6. The summed E-state index contributed by atoms with van der Waals surface area (Å²) in [5, 5.41) is 4.46. The predicted molar refractivity (Wildman–Crippen MR) is 142 cm³/mol. The van der Waals surface area contributed by atoms with Crippen molar-refractivity contribution >= 4 is 12.0 Å². The van der Waals surface area contributed by atoms with Crippen molar-refractivity contribution < 1.29 is 23.5 Å². The van der Waals surface area contributed by atoms with Gasteiger partial charge in [0.15, 0.2) is 0 Å². The molecular weight excluding hydrogens is 485 g/mol. The van der Waals surface area contributed by atoms with Crippen LogP contribution < -0.4 is 4.74 Å². The van der Waals surface area contributed by atoms with Crippen LogP contribution in [0.5, 0.6) is 5.75 Å². The van der Waals surface area contributed by atoms with Crippen molar-refractivity contribution in [1.82, 2.24) is 14.7 Å². The average molecular weight is 520 g/mol. The van der Waals surface area contributed by atoms with Crippen LogP contribution in [0, 0.1) is 0 Å². The third kappa shape index (κ3) is 5.74. The number of amides is 1. The van der Waals surface area contributed by atoms with Gasteiger partial charge in [-0.3, -0.25) is 4.79 Å². The number of aryl methyl sites for hydroxylation is 1. The zero-order valence-electron chi connectivity index (χ0n) is 22.3. The zero-order valence-corrected chi connectivity index (χ0v) is 22.3. The van der Waals surface area contributed by atoms with E-state index in [-0.39, 0.29) is 18.0 Å². The molecule has 2 aromatic carbocycles. The molecule has 8 heteroatoms. The van der Waals surface area contributed by atoms with Crippen molar-refractivity contribution in [2.24, 2.45) is 0 Å². The molecule has 1 aromatic heterocycles. The van der Waals surface area contributed by atoms with Gasteiger partial charge in [0.25, 0.3) is 5.91 Å². The second kappa shape index (κ2) is 10.2. The van der Waals surface area contributed by atoms with E-state index >= 15 is 0 Å². The minimum atomic E-state index is -1.42. The minimum absolute atomic E-state index is 0.00829. The molecule has 1 saturated carbocycles. The van der Waals surface area contributed by atoms with Crippen molar-refractivity contribution in [2.75, 3.05) is 0 Å².